The van der Waals surface area contributed by atoms with E-state index in [1.165, 1.54) is 12.1 Å². The van der Waals surface area contributed by atoms with Gasteiger partial charge in [0.2, 0.25) is 11.8 Å². The fourth-order valence-corrected chi connectivity index (χ4v) is 2.59. The number of benzene rings is 2. The second kappa shape index (κ2) is 6.64. The maximum Gasteiger partial charge on any atom is 0.331 e. The molecule has 2 aromatic carbocycles. The summed E-state index contributed by atoms with van der Waals surface area (Å²) < 4.78 is 5.22. The van der Waals surface area contributed by atoms with Gasteiger partial charge in [-0.25, -0.2) is 4.79 Å². The van der Waals surface area contributed by atoms with Crippen LogP contribution in [-0.2, 0) is 9.59 Å². The molecule has 0 radical (unpaired) electrons. The van der Waals surface area contributed by atoms with Crippen LogP contribution in [-0.4, -0.2) is 30.9 Å². The number of hydrogen-bond donors (Lipinski definition) is 2. The molecule has 3 rings (SSSR count). The number of nitrogens with one attached hydrogen (secondary N) is 1. The van der Waals surface area contributed by atoms with Crippen LogP contribution in [0.2, 0.25) is 0 Å². The fraction of sp³-hybridized carbons (Fsp3) is 0.167. The molecule has 1 heterocycles. The van der Waals surface area contributed by atoms with Gasteiger partial charge in [0.1, 0.15) is 6.54 Å². The molecule has 25 heavy (non-hydrogen) atoms. The Balaban J connectivity index is 1.71. The van der Waals surface area contributed by atoms with Gasteiger partial charge in [0.05, 0.1) is 12.2 Å². The van der Waals surface area contributed by atoms with Gasteiger partial charge < -0.3 is 20.7 Å². The number of ether oxygens (including phenoxy) is 1. The van der Waals surface area contributed by atoms with Crippen LogP contribution in [0.5, 0.6) is 5.75 Å². The summed E-state index contributed by atoms with van der Waals surface area (Å²) in [5, 5.41) is 2.73. The summed E-state index contributed by atoms with van der Waals surface area (Å²) in [7, 11) is 0. The van der Waals surface area contributed by atoms with E-state index < -0.39 is 11.9 Å². The molecule has 0 aliphatic carbocycles. The molecule has 0 unspecified atom stereocenters. The molecule has 0 spiro atoms. The van der Waals surface area contributed by atoms with Crippen LogP contribution in [0.4, 0.5) is 11.4 Å². The van der Waals surface area contributed by atoms with Crippen molar-refractivity contribution in [1.29, 1.82) is 0 Å². The lowest BCUT2D eigenvalue weighted by atomic mass is 10.1. The number of hydrogen-bond acceptors (Lipinski definition) is 5. The maximum atomic E-state index is 12.3. The number of fused-ring (bicyclic) bond motifs is 1. The van der Waals surface area contributed by atoms with Gasteiger partial charge in [-0.15, -0.1) is 0 Å². The highest BCUT2D eigenvalue weighted by Crippen LogP contribution is 2.32. The predicted molar refractivity (Wildman–Crippen MR) is 92.6 cm³/mol. The first-order valence-corrected chi connectivity index (χ1v) is 7.68. The van der Waals surface area contributed by atoms with E-state index in [-0.39, 0.29) is 19.0 Å². The van der Waals surface area contributed by atoms with Gasteiger partial charge in [-0.2, -0.15) is 0 Å². The summed E-state index contributed by atoms with van der Waals surface area (Å²) in [6.07, 6.45) is 0. The zero-order valence-electron chi connectivity index (χ0n) is 13.6. The molecule has 7 nitrogen and oxygen atoms in total. The van der Waals surface area contributed by atoms with Crippen LogP contribution in [0.15, 0.2) is 42.5 Å². The molecule has 2 aromatic rings. The Labute approximate surface area is 144 Å². The van der Waals surface area contributed by atoms with Crippen molar-refractivity contribution in [1.82, 2.24) is 0 Å². The summed E-state index contributed by atoms with van der Waals surface area (Å²) in [4.78, 5) is 36.7. The first kappa shape index (κ1) is 16.5. The average Bonchev–Trinajstić information content (AvgIpc) is 2.54. The van der Waals surface area contributed by atoms with Gasteiger partial charge >= 0.3 is 5.97 Å². The molecule has 0 aromatic heterocycles. The van der Waals surface area contributed by atoms with Crippen molar-refractivity contribution in [2.24, 2.45) is 5.73 Å². The molecule has 3 N–H and O–H groups in total. The van der Waals surface area contributed by atoms with Crippen molar-refractivity contribution in [2.75, 3.05) is 23.3 Å². The molecule has 128 valence electrons. The minimum Gasteiger partial charge on any atom is -0.423 e. The Bertz CT molecular complexity index is 846. The number of esters is 1. The lowest BCUT2D eigenvalue weighted by Gasteiger charge is -2.29. The third-order valence-electron chi connectivity index (χ3n) is 3.79. The van der Waals surface area contributed by atoms with Gasteiger partial charge in [-0.05, 0) is 48.9 Å². The molecule has 1 aliphatic heterocycles. The first-order chi connectivity index (χ1) is 11.9. The van der Waals surface area contributed by atoms with Crippen molar-refractivity contribution in [2.45, 2.75) is 6.92 Å². The highest BCUT2D eigenvalue weighted by molar-refractivity contribution is 5.97. The Morgan fingerprint density at radius 3 is 2.60 bits per heavy atom. The Morgan fingerprint density at radius 1 is 1.20 bits per heavy atom. The number of carbonyl (C=O) groups excluding carboxylic acids is 3. The molecular weight excluding hydrogens is 322 g/mol. The van der Waals surface area contributed by atoms with Crippen LogP contribution in [0.1, 0.15) is 15.9 Å². The summed E-state index contributed by atoms with van der Waals surface area (Å²) in [6.45, 7) is 1.91. The van der Waals surface area contributed by atoms with Crippen molar-refractivity contribution < 1.29 is 19.1 Å². The number of primary amides is 1. The van der Waals surface area contributed by atoms with Gasteiger partial charge in [-0.1, -0.05) is 6.07 Å². The third-order valence-corrected chi connectivity index (χ3v) is 3.79. The van der Waals surface area contributed by atoms with E-state index >= 15 is 0 Å². The molecule has 0 fully saturated rings. The Morgan fingerprint density at radius 2 is 1.92 bits per heavy atom. The second-order valence-electron chi connectivity index (χ2n) is 5.79. The van der Waals surface area contributed by atoms with E-state index in [9.17, 15) is 14.4 Å². The number of amides is 2. The van der Waals surface area contributed by atoms with E-state index in [0.29, 0.717) is 22.7 Å². The van der Waals surface area contributed by atoms with Gasteiger partial charge in [0.25, 0.3) is 0 Å². The van der Waals surface area contributed by atoms with E-state index in [4.69, 9.17) is 10.5 Å². The SMILES string of the molecule is Cc1ccc2c(c1)OC(=O)CN2CC(=O)Nc1ccc(C(N)=O)cc1. The topological polar surface area (TPSA) is 102 Å². The smallest absolute Gasteiger partial charge is 0.331 e. The molecule has 0 saturated heterocycles. The highest BCUT2D eigenvalue weighted by atomic mass is 16.5. The average molecular weight is 339 g/mol. The predicted octanol–water partition coefficient (Wildman–Crippen LogP) is 1.46. The van der Waals surface area contributed by atoms with Gasteiger partial charge in [0.15, 0.2) is 5.75 Å². The molecular formula is C18H17N3O4. The van der Waals surface area contributed by atoms with Crippen molar-refractivity contribution in [3.8, 4) is 5.75 Å². The fourth-order valence-electron chi connectivity index (χ4n) is 2.59. The number of carbonyl (C=O) groups is 3. The number of aryl methyl sites for hydroxylation is 1. The summed E-state index contributed by atoms with van der Waals surface area (Å²) in [5.74, 6) is -0.767. The molecule has 1 aliphatic rings. The van der Waals surface area contributed by atoms with Crippen LogP contribution < -0.4 is 20.7 Å². The van der Waals surface area contributed by atoms with E-state index in [0.717, 1.165) is 5.56 Å². The largest absolute Gasteiger partial charge is 0.423 e. The Hall–Kier alpha value is -3.35. The zero-order valence-corrected chi connectivity index (χ0v) is 13.6. The van der Waals surface area contributed by atoms with Crippen LogP contribution >= 0.6 is 0 Å². The van der Waals surface area contributed by atoms with E-state index in [1.807, 2.05) is 19.1 Å². The summed E-state index contributed by atoms with van der Waals surface area (Å²) in [6, 6.07) is 11.7. The molecule has 0 saturated carbocycles. The monoisotopic (exact) mass is 339 g/mol. The second-order valence-corrected chi connectivity index (χ2v) is 5.79. The van der Waals surface area contributed by atoms with Crippen LogP contribution in [0.3, 0.4) is 0 Å². The minimum atomic E-state index is -0.531. The number of rotatable bonds is 4. The number of nitrogens with zero attached hydrogens (tertiary/aromatic N) is 1. The molecule has 7 heteroatoms. The lowest BCUT2D eigenvalue weighted by molar-refractivity contribution is -0.133. The third kappa shape index (κ3) is 3.77. The van der Waals surface area contributed by atoms with E-state index in [1.54, 1.807) is 23.1 Å². The maximum absolute atomic E-state index is 12.3. The van der Waals surface area contributed by atoms with Crippen molar-refractivity contribution >= 4 is 29.2 Å². The van der Waals surface area contributed by atoms with Crippen LogP contribution in [0, 0.1) is 6.92 Å². The molecule has 0 bridgehead atoms. The lowest BCUT2D eigenvalue weighted by Crippen LogP contribution is -2.41. The van der Waals surface area contributed by atoms with Crippen molar-refractivity contribution in [3.05, 3.63) is 53.6 Å². The van der Waals surface area contributed by atoms with Crippen molar-refractivity contribution in [3.63, 3.8) is 0 Å². The standard InChI is InChI=1S/C18H17N3O4/c1-11-2-7-14-15(8-11)25-17(23)10-21(14)9-16(22)20-13-5-3-12(4-6-13)18(19)24/h2-8H,9-10H2,1H3,(H2,19,24)(H,20,22). The summed E-state index contributed by atoms with van der Waals surface area (Å²) in [5.41, 5.74) is 7.75. The highest BCUT2D eigenvalue weighted by Gasteiger charge is 2.25. The normalized spacial score (nSPS) is 13.0. The number of anilines is 2. The van der Waals surface area contributed by atoms with Gasteiger partial charge in [-0.3, -0.25) is 9.59 Å². The minimum absolute atomic E-state index is 0.00271. The first-order valence-electron chi connectivity index (χ1n) is 7.68. The molecule has 0 atom stereocenters. The number of nitrogens with two attached hydrogens (primary N) is 1. The molecule has 2 amide bonds. The quantitative estimate of drug-likeness (QED) is 0.648. The van der Waals surface area contributed by atoms with Gasteiger partial charge in [0, 0.05) is 11.3 Å². The Kier molecular flexibility index (Phi) is 4.38. The van der Waals surface area contributed by atoms with Crippen LogP contribution in [0.25, 0.3) is 0 Å². The summed E-state index contributed by atoms with van der Waals surface area (Å²) >= 11 is 0. The van der Waals surface area contributed by atoms with E-state index in [2.05, 4.69) is 5.32 Å². The zero-order chi connectivity index (χ0) is 18.0.